The van der Waals surface area contributed by atoms with E-state index >= 15 is 0 Å². The minimum absolute atomic E-state index is 0.618. The number of terminal acetylenes is 1. The van der Waals surface area contributed by atoms with Gasteiger partial charge in [0.25, 0.3) is 0 Å². The van der Waals surface area contributed by atoms with Gasteiger partial charge in [0, 0.05) is 25.7 Å². The van der Waals surface area contributed by atoms with Crippen LogP contribution in [0.2, 0.25) is 0 Å². The lowest BCUT2D eigenvalue weighted by Gasteiger charge is -2.34. The van der Waals surface area contributed by atoms with Gasteiger partial charge in [-0.1, -0.05) is 19.8 Å². The minimum Gasteiger partial charge on any atom is -0.311 e. The van der Waals surface area contributed by atoms with Gasteiger partial charge in [0.1, 0.15) is 0 Å². The molecule has 2 heteroatoms. The highest BCUT2D eigenvalue weighted by Gasteiger charge is 2.20. The van der Waals surface area contributed by atoms with E-state index < -0.39 is 0 Å². The lowest BCUT2D eigenvalue weighted by atomic mass is 10.0. The van der Waals surface area contributed by atoms with Crippen LogP contribution in [-0.4, -0.2) is 37.1 Å². The second kappa shape index (κ2) is 4.49. The number of hydrogen-bond acceptors (Lipinski definition) is 2. The molecule has 0 saturated carbocycles. The smallest absolute Gasteiger partial charge is 0.0599 e. The maximum atomic E-state index is 5.27. The molecule has 0 amide bonds. The third kappa shape index (κ3) is 2.51. The molecular formula is C10H18N2. The number of rotatable bonds is 2. The SMILES string of the molecule is C#CCN1CCN[C@@H](C(C)C)C1. The summed E-state index contributed by atoms with van der Waals surface area (Å²) in [6.45, 7) is 8.55. The van der Waals surface area contributed by atoms with Crippen molar-refractivity contribution in [2.45, 2.75) is 19.9 Å². The van der Waals surface area contributed by atoms with Crippen LogP contribution < -0.4 is 5.32 Å². The van der Waals surface area contributed by atoms with Crippen LogP contribution in [0.5, 0.6) is 0 Å². The summed E-state index contributed by atoms with van der Waals surface area (Å²) >= 11 is 0. The number of hydrogen-bond donors (Lipinski definition) is 1. The first-order chi connectivity index (χ1) is 5.74. The van der Waals surface area contributed by atoms with E-state index in [0.717, 1.165) is 26.2 Å². The first-order valence-corrected chi connectivity index (χ1v) is 4.63. The van der Waals surface area contributed by atoms with Crippen molar-refractivity contribution in [2.75, 3.05) is 26.2 Å². The van der Waals surface area contributed by atoms with Crippen LogP contribution in [0.15, 0.2) is 0 Å². The second-order valence-electron chi connectivity index (χ2n) is 3.74. The quantitative estimate of drug-likeness (QED) is 0.603. The molecule has 12 heavy (non-hydrogen) atoms. The van der Waals surface area contributed by atoms with Crippen LogP contribution in [-0.2, 0) is 0 Å². The van der Waals surface area contributed by atoms with E-state index in [9.17, 15) is 0 Å². The molecule has 0 aromatic heterocycles. The molecule has 1 saturated heterocycles. The van der Waals surface area contributed by atoms with Gasteiger partial charge in [-0.25, -0.2) is 0 Å². The van der Waals surface area contributed by atoms with Crippen LogP contribution in [0.3, 0.4) is 0 Å². The Labute approximate surface area is 75.3 Å². The van der Waals surface area contributed by atoms with Crippen LogP contribution in [0.1, 0.15) is 13.8 Å². The van der Waals surface area contributed by atoms with Crippen LogP contribution in [0, 0.1) is 18.3 Å². The molecule has 68 valence electrons. The summed E-state index contributed by atoms with van der Waals surface area (Å²) in [7, 11) is 0. The maximum absolute atomic E-state index is 5.27. The van der Waals surface area contributed by atoms with Crippen molar-refractivity contribution in [3.63, 3.8) is 0 Å². The topological polar surface area (TPSA) is 15.3 Å². The fourth-order valence-corrected chi connectivity index (χ4v) is 1.56. The van der Waals surface area contributed by atoms with E-state index in [4.69, 9.17) is 6.42 Å². The molecule has 1 fully saturated rings. The average Bonchev–Trinajstić information content (AvgIpc) is 2.05. The number of nitrogens with one attached hydrogen (secondary N) is 1. The Balaban J connectivity index is 2.36. The Bertz CT molecular complexity index is 169. The molecule has 1 heterocycles. The summed E-state index contributed by atoms with van der Waals surface area (Å²) in [6.07, 6.45) is 5.27. The van der Waals surface area contributed by atoms with E-state index in [1.54, 1.807) is 0 Å². The average molecular weight is 166 g/mol. The summed E-state index contributed by atoms with van der Waals surface area (Å²) in [4.78, 5) is 2.33. The Hall–Kier alpha value is -0.520. The zero-order valence-corrected chi connectivity index (χ0v) is 8.01. The fraction of sp³-hybridized carbons (Fsp3) is 0.800. The Morgan fingerprint density at radius 3 is 3.00 bits per heavy atom. The summed E-state index contributed by atoms with van der Waals surface area (Å²) < 4.78 is 0. The van der Waals surface area contributed by atoms with E-state index in [1.165, 1.54) is 0 Å². The Kier molecular flexibility index (Phi) is 3.58. The monoisotopic (exact) mass is 166 g/mol. The molecule has 1 N–H and O–H groups in total. The van der Waals surface area contributed by atoms with Gasteiger partial charge in [-0.05, 0) is 5.92 Å². The van der Waals surface area contributed by atoms with Crippen molar-refractivity contribution < 1.29 is 0 Å². The molecule has 0 unspecified atom stereocenters. The first kappa shape index (κ1) is 9.57. The fourth-order valence-electron chi connectivity index (χ4n) is 1.56. The zero-order chi connectivity index (χ0) is 8.97. The molecule has 0 spiro atoms. The molecule has 1 aliphatic rings. The van der Waals surface area contributed by atoms with Gasteiger partial charge in [0.2, 0.25) is 0 Å². The van der Waals surface area contributed by atoms with Gasteiger partial charge in [-0.3, -0.25) is 4.90 Å². The van der Waals surface area contributed by atoms with Crippen molar-refractivity contribution in [3.8, 4) is 12.3 Å². The minimum atomic E-state index is 0.618. The molecule has 0 aromatic rings. The maximum Gasteiger partial charge on any atom is 0.0599 e. The van der Waals surface area contributed by atoms with E-state index in [-0.39, 0.29) is 0 Å². The second-order valence-corrected chi connectivity index (χ2v) is 3.74. The van der Waals surface area contributed by atoms with Crippen molar-refractivity contribution >= 4 is 0 Å². The molecule has 2 nitrogen and oxygen atoms in total. The third-order valence-corrected chi connectivity index (χ3v) is 2.41. The van der Waals surface area contributed by atoms with E-state index in [2.05, 4.69) is 30.0 Å². The van der Waals surface area contributed by atoms with E-state index in [0.29, 0.717) is 12.0 Å². The number of piperazine rings is 1. The van der Waals surface area contributed by atoms with Crippen molar-refractivity contribution in [2.24, 2.45) is 5.92 Å². The van der Waals surface area contributed by atoms with Gasteiger partial charge in [0.05, 0.1) is 6.54 Å². The summed E-state index contributed by atoms with van der Waals surface area (Å²) in [5.41, 5.74) is 0. The Morgan fingerprint density at radius 2 is 2.42 bits per heavy atom. The molecular weight excluding hydrogens is 148 g/mol. The summed E-state index contributed by atoms with van der Waals surface area (Å²) in [5, 5.41) is 3.50. The first-order valence-electron chi connectivity index (χ1n) is 4.63. The lowest BCUT2D eigenvalue weighted by Crippen LogP contribution is -2.52. The Morgan fingerprint density at radius 1 is 1.67 bits per heavy atom. The summed E-state index contributed by atoms with van der Waals surface area (Å²) in [6, 6.07) is 0.618. The third-order valence-electron chi connectivity index (χ3n) is 2.41. The van der Waals surface area contributed by atoms with Gasteiger partial charge < -0.3 is 5.32 Å². The van der Waals surface area contributed by atoms with Crippen LogP contribution in [0.4, 0.5) is 0 Å². The predicted octanol–water partition coefficient (Wildman–Crippen LogP) is 0.549. The van der Waals surface area contributed by atoms with Crippen molar-refractivity contribution in [1.29, 1.82) is 0 Å². The molecule has 1 aliphatic heterocycles. The molecule has 0 aliphatic carbocycles. The summed E-state index contributed by atoms with van der Waals surface area (Å²) in [5.74, 6) is 3.39. The molecule has 0 bridgehead atoms. The molecule has 1 atom stereocenters. The van der Waals surface area contributed by atoms with Gasteiger partial charge in [-0.15, -0.1) is 6.42 Å². The largest absolute Gasteiger partial charge is 0.311 e. The normalized spacial score (nSPS) is 25.7. The predicted molar refractivity (Wildman–Crippen MR) is 51.9 cm³/mol. The molecule has 0 aromatic carbocycles. The standard InChI is InChI=1S/C10H18N2/c1-4-6-12-7-5-11-10(8-12)9(2)3/h1,9-11H,5-8H2,2-3H3/t10-/m1/s1. The van der Waals surface area contributed by atoms with Crippen LogP contribution in [0.25, 0.3) is 0 Å². The zero-order valence-electron chi connectivity index (χ0n) is 8.01. The van der Waals surface area contributed by atoms with Gasteiger partial charge in [-0.2, -0.15) is 0 Å². The van der Waals surface area contributed by atoms with Crippen LogP contribution >= 0.6 is 0 Å². The highest BCUT2D eigenvalue weighted by atomic mass is 15.2. The highest BCUT2D eigenvalue weighted by molar-refractivity contribution is 4.91. The van der Waals surface area contributed by atoms with Crippen molar-refractivity contribution in [1.82, 2.24) is 10.2 Å². The molecule has 1 rings (SSSR count). The van der Waals surface area contributed by atoms with E-state index in [1.807, 2.05) is 0 Å². The number of nitrogens with zero attached hydrogens (tertiary/aromatic N) is 1. The van der Waals surface area contributed by atoms with Gasteiger partial charge >= 0.3 is 0 Å². The van der Waals surface area contributed by atoms with Crippen molar-refractivity contribution in [3.05, 3.63) is 0 Å². The lowest BCUT2D eigenvalue weighted by molar-refractivity contribution is 0.192. The molecule has 0 radical (unpaired) electrons. The van der Waals surface area contributed by atoms with Gasteiger partial charge in [0.15, 0.2) is 0 Å². The highest BCUT2D eigenvalue weighted by Crippen LogP contribution is 2.07.